The van der Waals surface area contributed by atoms with Gasteiger partial charge in [0.15, 0.2) is 0 Å². The van der Waals surface area contributed by atoms with E-state index in [9.17, 15) is 0 Å². The van der Waals surface area contributed by atoms with Crippen LogP contribution in [0.1, 0.15) is 25.7 Å². The van der Waals surface area contributed by atoms with Gasteiger partial charge in [-0.2, -0.15) is 0 Å². The van der Waals surface area contributed by atoms with Gasteiger partial charge in [0, 0.05) is 48.7 Å². The smallest absolute Gasteiger partial charge is 0.377 e. The van der Waals surface area contributed by atoms with E-state index in [1.807, 2.05) is 0 Å². The Hall–Kier alpha value is 0.708. The molecule has 2 heterocycles. The minimum absolute atomic E-state index is 0.539. The van der Waals surface area contributed by atoms with E-state index in [0.717, 1.165) is 18.4 Å². The quantitative estimate of drug-likeness (QED) is 0.477. The highest BCUT2D eigenvalue weighted by Crippen LogP contribution is 2.50. The van der Waals surface area contributed by atoms with Crippen LogP contribution in [0.15, 0.2) is 0 Å². The maximum Gasteiger partial charge on any atom is 0.500 e. The van der Waals surface area contributed by atoms with E-state index in [1.165, 1.54) is 19.3 Å². The van der Waals surface area contributed by atoms with Gasteiger partial charge in [0.2, 0.25) is 0 Å². The minimum Gasteiger partial charge on any atom is -0.377 e. The van der Waals surface area contributed by atoms with Gasteiger partial charge in [-0.3, -0.25) is 0 Å². The largest absolute Gasteiger partial charge is 0.500 e. The number of epoxide rings is 1. The summed E-state index contributed by atoms with van der Waals surface area (Å²) in [6.07, 6.45) is 6.01. The number of ether oxygens (including phenoxy) is 1. The van der Waals surface area contributed by atoms with Crippen molar-refractivity contribution in [2.24, 2.45) is 5.92 Å². The fourth-order valence-electron chi connectivity index (χ4n) is 4.56. The third kappa shape index (κ3) is 4.11. The number of rotatable bonds is 6. The Morgan fingerprint density at radius 1 is 0.800 bits per heavy atom. The van der Waals surface area contributed by atoms with E-state index >= 15 is 0 Å². The Morgan fingerprint density at radius 3 is 1.64 bits per heavy atom. The van der Waals surface area contributed by atoms with Gasteiger partial charge in [0.1, 0.15) is 0 Å². The van der Waals surface area contributed by atoms with Crippen LogP contribution in [0.4, 0.5) is 0 Å². The zero-order valence-corrected chi connectivity index (χ0v) is 21.9. The lowest BCUT2D eigenvalue weighted by Gasteiger charge is -2.27. The van der Waals surface area contributed by atoms with Crippen LogP contribution < -0.4 is 0 Å². The molecule has 3 rings (SSSR count). The molecule has 8 heteroatoms. The summed E-state index contributed by atoms with van der Waals surface area (Å²) in [5, 5.41) is 0. The molecule has 1 saturated carbocycles. The fourth-order valence-corrected chi connectivity index (χ4v) is 75.4. The number of hydrogen-bond acceptors (Lipinski definition) is 4. The second-order valence-electron chi connectivity index (χ2n) is 9.60. The van der Waals surface area contributed by atoms with Gasteiger partial charge >= 0.3 is 8.80 Å². The summed E-state index contributed by atoms with van der Waals surface area (Å²) in [4.78, 5) is 0. The van der Waals surface area contributed by atoms with E-state index in [4.69, 9.17) is 18.0 Å². The molecule has 1 aliphatic carbocycles. The van der Waals surface area contributed by atoms with Crippen LogP contribution in [0.5, 0.6) is 0 Å². The van der Waals surface area contributed by atoms with Gasteiger partial charge in [-0.1, -0.05) is 39.3 Å². The molecule has 0 aromatic carbocycles. The van der Waals surface area contributed by atoms with Gasteiger partial charge in [-0.15, -0.1) is 0 Å². The highest BCUT2D eigenvalue weighted by Gasteiger charge is 2.74. The molecule has 4 nitrogen and oxygen atoms in total. The third-order valence-corrected chi connectivity index (χ3v) is 77.5. The first-order chi connectivity index (χ1) is 11.5. The lowest BCUT2D eigenvalue weighted by molar-refractivity contribution is 0.120. The molecule has 0 aromatic rings. The van der Waals surface area contributed by atoms with Crippen molar-refractivity contribution in [1.29, 1.82) is 0 Å². The van der Waals surface area contributed by atoms with Crippen LogP contribution in [0.2, 0.25) is 45.3 Å². The van der Waals surface area contributed by atoms with Crippen LogP contribution in [0, 0.1) is 5.92 Å². The zero-order valence-electron chi connectivity index (χ0n) is 17.9. The Kier molecular flexibility index (Phi) is 6.70. The summed E-state index contributed by atoms with van der Waals surface area (Å²) in [7, 11) is 1.08. The number of fused-ring (bicyclic) bond motifs is 1. The molecule has 0 amide bonds. The number of hydrogen-bond donors (Lipinski definition) is 0. The molecule has 2 aliphatic heterocycles. The highest BCUT2D eigenvalue weighted by atomic mass is 30.2. The van der Waals surface area contributed by atoms with Crippen molar-refractivity contribution in [3.8, 4) is 0 Å². The second-order valence-corrected chi connectivity index (χ2v) is 49.4. The average molecular weight is 421 g/mol. The molecule has 0 N–H and O–H groups in total. The van der Waals surface area contributed by atoms with Crippen molar-refractivity contribution >= 4 is 30.1 Å². The molecule has 0 aromatic heterocycles. The average Bonchev–Trinajstić information content (AvgIpc) is 3.41. The van der Waals surface area contributed by atoms with Crippen LogP contribution >= 0.6 is 0 Å². The summed E-state index contributed by atoms with van der Waals surface area (Å²) < 4.78 is 21.8. The molecule has 3 aliphatic rings. The van der Waals surface area contributed by atoms with Crippen molar-refractivity contribution < 1.29 is 18.0 Å². The first-order valence-electron chi connectivity index (χ1n) is 9.79. The third-order valence-electron chi connectivity index (χ3n) is 8.53. The van der Waals surface area contributed by atoms with Crippen molar-refractivity contribution in [2.45, 2.75) is 83.2 Å². The van der Waals surface area contributed by atoms with E-state index in [1.54, 1.807) is 21.3 Å². The SMILES string of the molecule is CO[Si](CCC1CCC2OC2C1)(OC)OC.C[Si]1(C)[Si](C)(C)[Si]1(C)C. The molecular formula is C17H40O4Si4. The monoisotopic (exact) mass is 420 g/mol. The van der Waals surface area contributed by atoms with Crippen molar-refractivity contribution in [2.75, 3.05) is 21.3 Å². The summed E-state index contributed by atoms with van der Waals surface area (Å²) >= 11 is 0. The Bertz CT molecular complexity index is 417. The van der Waals surface area contributed by atoms with Crippen LogP contribution in [0.25, 0.3) is 0 Å². The highest BCUT2D eigenvalue weighted by molar-refractivity contribution is 8.12. The lowest BCUT2D eigenvalue weighted by atomic mass is 9.88. The van der Waals surface area contributed by atoms with Crippen LogP contribution in [-0.2, 0) is 18.0 Å². The van der Waals surface area contributed by atoms with E-state index in [0.29, 0.717) is 12.2 Å². The van der Waals surface area contributed by atoms with Crippen molar-refractivity contribution in [3.05, 3.63) is 0 Å². The lowest BCUT2D eigenvalue weighted by Crippen LogP contribution is -2.43. The second kappa shape index (κ2) is 7.61. The standard InChI is InChI=1S/C11H22O4Si.C6H18Si3/c1-12-16(13-2,14-3)7-6-9-4-5-10-11(8-9)15-10;1-7(2)8(3,4)9(7,5)6/h9-11H,4-8H2,1-3H3;1-6H3. The maximum atomic E-state index is 5.54. The molecule has 0 bridgehead atoms. The van der Waals surface area contributed by atoms with Crippen LogP contribution in [0.3, 0.4) is 0 Å². The predicted octanol–water partition coefficient (Wildman–Crippen LogP) is 4.18. The van der Waals surface area contributed by atoms with Gasteiger partial charge in [-0.25, -0.2) is 0 Å². The Balaban J connectivity index is 0.000000212. The molecule has 3 fully saturated rings. The van der Waals surface area contributed by atoms with Crippen molar-refractivity contribution in [3.63, 3.8) is 0 Å². The minimum atomic E-state index is -2.35. The van der Waals surface area contributed by atoms with E-state index in [2.05, 4.69) is 39.3 Å². The predicted molar refractivity (Wildman–Crippen MR) is 115 cm³/mol. The van der Waals surface area contributed by atoms with Gasteiger partial charge in [0.05, 0.1) is 12.2 Å². The van der Waals surface area contributed by atoms with Gasteiger partial charge in [-0.05, 0) is 31.6 Å². The normalized spacial score (nSPS) is 33.7. The molecule has 0 spiro atoms. The van der Waals surface area contributed by atoms with Gasteiger partial charge in [0.25, 0.3) is 0 Å². The molecule has 3 atom stereocenters. The Labute approximate surface area is 158 Å². The summed E-state index contributed by atoms with van der Waals surface area (Å²) in [5.41, 5.74) is 0. The first kappa shape index (κ1) is 22.0. The molecule has 148 valence electrons. The fraction of sp³-hybridized carbons (Fsp3) is 1.00. The first-order valence-corrected chi connectivity index (χ1v) is 23.7. The molecule has 0 radical (unpaired) electrons. The van der Waals surface area contributed by atoms with Crippen LogP contribution in [-0.4, -0.2) is 63.7 Å². The van der Waals surface area contributed by atoms with Crippen molar-refractivity contribution in [1.82, 2.24) is 0 Å². The Morgan fingerprint density at radius 2 is 1.28 bits per heavy atom. The topological polar surface area (TPSA) is 40.2 Å². The summed E-state index contributed by atoms with van der Waals surface area (Å²) in [5.74, 6) is 0.760. The van der Waals surface area contributed by atoms with Gasteiger partial charge < -0.3 is 18.0 Å². The zero-order chi connectivity index (χ0) is 19.1. The summed E-state index contributed by atoms with van der Waals surface area (Å²) in [6, 6.07) is 0.915. The maximum absolute atomic E-state index is 5.54. The van der Waals surface area contributed by atoms with E-state index in [-0.39, 0.29) is 0 Å². The molecule has 3 unspecified atom stereocenters. The molecular weight excluding hydrogens is 381 g/mol. The molecule has 25 heavy (non-hydrogen) atoms. The molecule has 2 saturated heterocycles. The summed E-state index contributed by atoms with van der Waals surface area (Å²) in [6.45, 7) is 15.7. The van der Waals surface area contributed by atoms with E-state index < -0.39 is 30.1 Å².